The smallest absolute Gasteiger partial charge is 0.328 e. The molecule has 0 fully saturated rings. The number of aliphatic carboxylic acids is 1. The average Bonchev–Trinajstić information content (AvgIpc) is 2.53. The monoisotopic (exact) mass is 397 g/mol. The van der Waals surface area contributed by atoms with Crippen LogP contribution >= 0.6 is 11.6 Å². The molecule has 9 heteroatoms. The van der Waals surface area contributed by atoms with E-state index in [0.29, 0.717) is 5.69 Å². The summed E-state index contributed by atoms with van der Waals surface area (Å²) in [6.45, 7) is 8.87. The highest BCUT2D eigenvalue weighted by molar-refractivity contribution is 6.34. The molecule has 1 aromatic carbocycles. The van der Waals surface area contributed by atoms with Gasteiger partial charge in [0.25, 0.3) is 5.91 Å². The maximum Gasteiger partial charge on any atom is 0.328 e. The number of anilines is 1. The van der Waals surface area contributed by atoms with E-state index in [-0.39, 0.29) is 23.8 Å². The third-order valence-corrected chi connectivity index (χ3v) is 3.41. The van der Waals surface area contributed by atoms with E-state index in [1.807, 2.05) is 20.8 Å². The number of ether oxygens (including phenoxy) is 1. The maximum absolute atomic E-state index is 12.4. The average molecular weight is 398 g/mol. The van der Waals surface area contributed by atoms with E-state index in [1.54, 1.807) is 0 Å². The summed E-state index contributed by atoms with van der Waals surface area (Å²) in [7, 11) is 0. The molecule has 0 bridgehead atoms. The number of benzene rings is 1. The molecule has 0 aliphatic rings. The summed E-state index contributed by atoms with van der Waals surface area (Å²) >= 11 is 6.04. The normalized spacial score (nSPS) is 12.0. The second-order valence-electron chi connectivity index (χ2n) is 6.71. The lowest BCUT2D eigenvalue weighted by molar-refractivity contribution is -0.140. The molecule has 0 spiro atoms. The van der Waals surface area contributed by atoms with Crippen LogP contribution in [0.25, 0.3) is 0 Å². The SMILES string of the molecule is C=CCOCC(NC(=O)c1cc(NC(=O)NC(C)(C)C)ccc1Cl)C(=O)O. The van der Waals surface area contributed by atoms with Crippen LogP contribution < -0.4 is 16.0 Å². The van der Waals surface area contributed by atoms with Gasteiger partial charge >= 0.3 is 12.0 Å². The summed E-state index contributed by atoms with van der Waals surface area (Å²) in [6.07, 6.45) is 1.47. The zero-order valence-corrected chi connectivity index (χ0v) is 16.2. The van der Waals surface area contributed by atoms with Gasteiger partial charge in [-0.2, -0.15) is 0 Å². The van der Waals surface area contributed by atoms with Crippen molar-refractivity contribution in [3.63, 3.8) is 0 Å². The van der Waals surface area contributed by atoms with E-state index in [2.05, 4.69) is 22.5 Å². The van der Waals surface area contributed by atoms with E-state index in [1.165, 1.54) is 24.3 Å². The molecule has 0 aromatic heterocycles. The molecule has 0 heterocycles. The Hall–Kier alpha value is -2.58. The van der Waals surface area contributed by atoms with Crippen molar-refractivity contribution in [3.8, 4) is 0 Å². The van der Waals surface area contributed by atoms with Crippen LogP contribution in [0.2, 0.25) is 5.02 Å². The van der Waals surface area contributed by atoms with E-state index in [9.17, 15) is 19.5 Å². The number of hydrogen-bond acceptors (Lipinski definition) is 4. The number of halogens is 1. The lowest BCUT2D eigenvalue weighted by atomic mass is 10.1. The standard InChI is InChI=1S/C18H24ClN3O5/c1-5-8-27-10-14(16(24)25)21-15(23)12-9-11(6-7-13(12)19)20-17(26)22-18(2,3)4/h5-7,9,14H,1,8,10H2,2-4H3,(H,21,23)(H,24,25)(H2,20,22,26). The van der Waals surface area contributed by atoms with Crippen molar-refractivity contribution in [1.82, 2.24) is 10.6 Å². The molecule has 8 nitrogen and oxygen atoms in total. The summed E-state index contributed by atoms with van der Waals surface area (Å²) in [4.78, 5) is 35.6. The summed E-state index contributed by atoms with van der Waals surface area (Å²) in [6, 6.07) is 2.63. The molecule has 0 radical (unpaired) electrons. The van der Waals surface area contributed by atoms with Gasteiger partial charge in [0.1, 0.15) is 0 Å². The highest BCUT2D eigenvalue weighted by Crippen LogP contribution is 2.21. The number of nitrogens with one attached hydrogen (secondary N) is 3. The molecule has 1 rings (SSSR count). The Morgan fingerprint density at radius 3 is 2.56 bits per heavy atom. The van der Waals surface area contributed by atoms with Gasteiger partial charge in [-0.15, -0.1) is 6.58 Å². The van der Waals surface area contributed by atoms with Crippen LogP contribution in [0.15, 0.2) is 30.9 Å². The number of urea groups is 1. The van der Waals surface area contributed by atoms with E-state index in [4.69, 9.17) is 16.3 Å². The second-order valence-corrected chi connectivity index (χ2v) is 7.12. The number of carbonyl (C=O) groups excluding carboxylic acids is 2. The molecule has 148 valence electrons. The zero-order valence-electron chi connectivity index (χ0n) is 15.5. The van der Waals surface area contributed by atoms with Crippen molar-refractivity contribution >= 4 is 35.2 Å². The van der Waals surface area contributed by atoms with Gasteiger partial charge in [0.15, 0.2) is 6.04 Å². The molecule has 4 N–H and O–H groups in total. The van der Waals surface area contributed by atoms with E-state index in [0.717, 1.165) is 0 Å². The van der Waals surface area contributed by atoms with Gasteiger partial charge in [0.2, 0.25) is 0 Å². The number of carbonyl (C=O) groups is 3. The van der Waals surface area contributed by atoms with Crippen molar-refractivity contribution in [2.45, 2.75) is 32.4 Å². The number of hydrogen-bond donors (Lipinski definition) is 4. The number of amides is 3. The minimum Gasteiger partial charge on any atom is -0.480 e. The van der Waals surface area contributed by atoms with Crippen molar-refractivity contribution in [2.24, 2.45) is 0 Å². The fourth-order valence-corrected chi connectivity index (χ4v) is 2.16. The molecule has 0 saturated carbocycles. The van der Waals surface area contributed by atoms with E-state index >= 15 is 0 Å². The zero-order chi connectivity index (χ0) is 20.6. The van der Waals surface area contributed by atoms with Gasteiger partial charge < -0.3 is 25.8 Å². The van der Waals surface area contributed by atoms with Crippen molar-refractivity contribution in [1.29, 1.82) is 0 Å². The van der Waals surface area contributed by atoms with Gasteiger partial charge in [0.05, 0.1) is 23.8 Å². The van der Waals surface area contributed by atoms with Crippen LogP contribution in [0, 0.1) is 0 Å². The molecular formula is C18H24ClN3O5. The molecule has 27 heavy (non-hydrogen) atoms. The quantitative estimate of drug-likeness (QED) is 0.397. The summed E-state index contributed by atoms with van der Waals surface area (Å²) in [5.41, 5.74) is -0.0714. The maximum atomic E-state index is 12.4. The summed E-state index contributed by atoms with van der Waals surface area (Å²) < 4.78 is 5.08. The molecule has 1 aromatic rings. The first-order valence-corrected chi connectivity index (χ1v) is 8.52. The second kappa shape index (κ2) is 9.94. The third kappa shape index (κ3) is 8.10. The lowest BCUT2D eigenvalue weighted by Crippen LogP contribution is -2.44. The molecule has 1 unspecified atom stereocenters. The van der Waals surface area contributed by atoms with Crippen LogP contribution in [-0.4, -0.2) is 47.8 Å². The third-order valence-electron chi connectivity index (χ3n) is 3.08. The van der Waals surface area contributed by atoms with Gasteiger partial charge in [-0.3, -0.25) is 4.79 Å². The molecule has 1 atom stereocenters. The summed E-state index contributed by atoms with van der Waals surface area (Å²) in [5, 5.41) is 17.0. The first-order valence-electron chi connectivity index (χ1n) is 8.14. The van der Waals surface area contributed by atoms with Crippen LogP contribution in [0.1, 0.15) is 31.1 Å². The van der Waals surface area contributed by atoms with Gasteiger partial charge in [-0.25, -0.2) is 9.59 Å². The highest BCUT2D eigenvalue weighted by Gasteiger charge is 2.22. The van der Waals surface area contributed by atoms with Crippen LogP contribution in [-0.2, 0) is 9.53 Å². The van der Waals surface area contributed by atoms with E-state index < -0.39 is 29.5 Å². The Bertz CT molecular complexity index is 715. The molecule has 3 amide bonds. The molecule has 0 aliphatic carbocycles. The van der Waals surface area contributed by atoms with Crippen molar-refractivity contribution < 1.29 is 24.2 Å². The highest BCUT2D eigenvalue weighted by atomic mass is 35.5. The molecule has 0 aliphatic heterocycles. The number of carboxylic acid groups (broad SMARTS) is 1. The van der Waals surface area contributed by atoms with Gasteiger partial charge in [0, 0.05) is 11.2 Å². The fraction of sp³-hybridized carbons (Fsp3) is 0.389. The Morgan fingerprint density at radius 1 is 1.33 bits per heavy atom. The van der Waals surface area contributed by atoms with Gasteiger partial charge in [-0.05, 0) is 39.0 Å². The fourth-order valence-electron chi connectivity index (χ4n) is 1.96. The molecular weight excluding hydrogens is 374 g/mol. The van der Waals surface area contributed by atoms with Crippen molar-refractivity contribution in [2.75, 3.05) is 18.5 Å². The van der Waals surface area contributed by atoms with Crippen LogP contribution in [0.4, 0.5) is 10.5 Å². The van der Waals surface area contributed by atoms with Crippen molar-refractivity contribution in [3.05, 3.63) is 41.4 Å². The number of carboxylic acids is 1. The first kappa shape index (κ1) is 22.5. The largest absolute Gasteiger partial charge is 0.480 e. The van der Waals surface area contributed by atoms with Crippen LogP contribution in [0.3, 0.4) is 0 Å². The Balaban J connectivity index is 2.88. The Morgan fingerprint density at radius 2 is 2.00 bits per heavy atom. The Kier molecular flexibility index (Phi) is 8.27. The number of rotatable bonds is 8. The first-order chi connectivity index (χ1) is 12.5. The minimum absolute atomic E-state index is 0.0280. The minimum atomic E-state index is -1.26. The Labute approximate surface area is 162 Å². The van der Waals surface area contributed by atoms with Crippen LogP contribution in [0.5, 0.6) is 0 Å². The topological polar surface area (TPSA) is 117 Å². The predicted octanol–water partition coefficient (Wildman–Crippen LogP) is 2.65. The molecule has 0 saturated heterocycles. The summed E-state index contributed by atoms with van der Waals surface area (Å²) in [5.74, 6) is -1.95. The predicted molar refractivity (Wildman–Crippen MR) is 103 cm³/mol. The lowest BCUT2D eigenvalue weighted by Gasteiger charge is -2.21. The van der Waals surface area contributed by atoms with Gasteiger partial charge in [-0.1, -0.05) is 17.7 Å².